The summed E-state index contributed by atoms with van der Waals surface area (Å²) >= 11 is 0. The molecule has 0 fully saturated rings. The number of hydrogen-bond donors (Lipinski definition) is 3. The molecule has 0 bridgehead atoms. The number of nitrogens with two attached hydrogens (primary N) is 2. The van der Waals surface area contributed by atoms with Gasteiger partial charge in [-0.05, 0) is 35.9 Å². The standard InChI is InChI=1S/C20H19N3O3/c1-20(2)14-8-11(26-9-16(22)24)4-6-12(14)18(25)17-13-5-3-10(21)7-15(13)23-19(17)20/h3-8,23H,9,21H2,1-2H3,(H2,22,24). The SMILES string of the molecule is CC1(C)c2cc(OCC(N)=O)ccc2C(=O)c2c1[nH]c1cc(N)ccc21. The van der Waals surface area contributed by atoms with Crippen molar-refractivity contribution in [2.75, 3.05) is 12.3 Å². The molecule has 6 heteroatoms. The Kier molecular flexibility index (Phi) is 3.34. The molecule has 0 aliphatic heterocycles. The van der Waals surface area contributed by atoms with E-state index < -0.39 is 11.3 Å². The number of nitrogens with one attached hydrogen (secondary N) is 1. The minimum atomic E-state index is -0.548. The number of primary amides is 1. The van der Waals surface area contributed by atoms with Crippen LogP contribution in [-0.4, -0.2) is 23.3 Å². The summed E-state index contributed by atoms with van der Waals surface area (Å²) in [7, 11) is 0. The van der Waals surface area contributed by atoms with Gasteiger partial charge < -0.3 is 21.2 Å². The molecule has 0 saturated carbocycles. The molecular weight excluding hydrogens is 330 g/mol. The van der Waals surface area contributed by atoms with Crippen molar-refractivity contribution >= 4 is 28.3 Å². The third-order valence-corrected chi connectivity index (χ3v) is 4.96. The predicted molar refractivity (Wildman–Crippen MR) is 99.4 cm³/mol. The Morgan fingerprint density at radius 2 is 1.96 bits per heavy atom. The molecule has 0 unspecified atom stereocenters. The van der Waals surface area contributed by atoms with Crippen LogP contribution in [0.1, 0.15) is 41.0 Å². The lowest BCUT2D eigenvalue weighted by molar-refractivity contribution is -0.119. The van der Waals surface area contributed by atoms with Crippen molar-refractivity contribution in [3.05, 3.63) is 58.8 Å². The van der Waals surface area contributed by atoms with E-state index in [-0.39, 0.29) is 12.4 Å². The fourth-order valence-electron chi connectivity index (χ4n) is 3.67. The van der Waals surface area contributed by atoms with Gasteiger partial charge in [0.15, 0.2) is 12.4 Å². The number of H-pyrrole nitrogens is 1. The van der Waals surface area contributed by atoms with Gasteiger partial charge in [-0.1, -0.05) is 19.9 Å². The van der Waals surface area contributed by atoms with Crippen LogP contribution in [0.4, 0.5) is 5.69 Å². The molecule has 0 spiro atoms. The molecule has 5 N–H and O–H groups in total. The van der Waals surface area contributed by atoms with E-state index in [0.717, 1.165) is 22.2 Å². The van der Waals surface area contributed by atoms with Gasteiger partial charge in [-0.25, -0.2) is 0 Å². The van der Waals surface area contributed by atoms with Crippen molar-refractivity contribution in [3.63, 3.8) is 0 Å². The normalized spacial score (nSPS) is 14.8. The molecule has 4 rings (SSSR count). The van der Waals surface area contributed by atoms with Crippen LogP contribution in [0, 0.1) is 0 Å². The van der Waals surface area contributed by atoms with Crippen molar-refractivity contribution in [1.82, 2.24) is 4.98 Å². The molecule has 1 aliphatic rings. The molecule has 1 aliphatic carbocycles. The lowest BCUT2D eigenvalue weighted by Crippen LogP contribution is -2.30. The van der Waals surface area contributed by atoms with E-state index in [9.17, 15) is 9.59 Å². The van der Waals surface area contributed by atoms with Crippen LogP contribution in [0.3, 0.4) is 0 Å². The lowest BCUT2D eigenvalue weighted by Gasteiger charge is -2.32. The third-order valence-electron chi connectivity index (χ3n) is 4.96. The van der Waals surface area contributed by atoms with Crippen LogP contribution >= 0.6 is 0 Å². The monoisotopic (exact) mass is 349 g/mol. The Morgan fingerprint density at radius 1 is 1.19 bits per heavy atom. The molecule has 6 nitrogen and oxygen atoms in total. The van der Waals surface area contributed by atoms with Gasteiger partial charge >= 0.3 is 0 Å². The average Bonchev–Trinajstić information content (AvgIpc) is 2.97. The predicted octanol–water partition coefficient (Wildman–Crippen LogP) is 2.48. The van der Waals surface area contributed by atoms with Crippen LogP contribution in [0.25, 0.3) is 10.9 Å². The van der Waals surface area contributed by atoms with Gasteiger partial charge in [0, 0.05) is 33.3 Å². The maximum Gasteiger partial charge on any atom is 0.255 e. The molecule has 1 heterocycles. The average molecular weight is 349 g/mol. The quantitative estimate of drug-likeness (QED) is 0.631. The largest absolute Gasteiger partial charge is 0.484 e. The van der Waals surface area contributed by atoms with E-state index in [2.05, 4.69) is 4.98 Å². The number of aromatic nitrogens is 1. The van der Waals surface area contributed by atoms with Crippen molar-refractivity contribution in [3.8, 4) is 5.75 Å². The minimum Gasteiger partial charge on any atom is -0.484 e. The maximum absolute atomic E-state index is 13.2. The Morgan fingerprint density at radius 3 is 2.69 bits per heavy atom. The summed E-state index contributed by atoms with van der Waals surface area (Å²) in [6, 6.07) is 10.8. The van der Waals surface area contributed by atoms with Gasteiger partial charge in [0.1, 0.15) is 5.75 Å². The van der Waals surface area contributed by atoms with Gasteiger partial charge in [-0.2, -0.15) is 0 Å². The second-order valence-corrected chi connectivity index (χ2v) is 7.10. The molecule has 132 valence electrons. The van der Waals surface area contributed by atoms with Crippen molar-refractivity contribution in [2.45, 2.75) is 19.3 Å². The minimum absolute atomic E-state index is 0.0354. The van der Waals surface area contributed by atoms with Crippen LogP contribution < -0.4 is 16.2 Å². The number of carbonyl (C=O) groups excluding carboxylic acids is 2. The molecule has 0 saturated heterocycles. The van der Waals surface area contributed by atoms with Crippen molar-refractivity contribution in [2.24, 2.45) is 5.73 Å². The molecule has 1 aromatic heterocycles. The number of aromatic amines is 1. The number of carbonyl (C=O) groups is 2. The Hall–Kier alpha value is -3.28. The second-order valence-electron chi connectivity index (χ2n) is 7.10. The third kappa shape index (κ3) is 2.26. The lowest BCUT2D eigenvalue weighted by atomic mass is 9.71. The van der Waals surface area contributed by atoms with E-state index in [4.69, 9.17) is 16.2 Å². The van der Waals surface area contributed by atoms with E-state index in [1.807, 2.05) is 26.0 Å². The van der Waals surface area contributed by atoms with E-state index in [1.165, 1.54) is 0 Å². The second kappa shape index (κ2) is 5.36. The number of anilines is 1. The highest BCUT2D eigenvalue weighted by molar-refractivity contribution is 6.20. The summed E-state index contributed by atoms with van der Waals surface area (Å²) in [6.07, 6.45) is 0. The molecule has 1 amide bonds. The van der Waals surface area contributed by atoms with Gasteiger partial charge in [-0.15, -0.1) is 0 Å². The summed E-state index contributed by atoms with van der Waals surface area (Å²) in [4.78, 5) is 27.5. The summed E-state index contributed by atoms with van der Waals surface area (Å²) in [5.41, 5.74) is 15.1. The number of amides is 1. The number of fused-ring (bicyclic) bond motifs is 4. The highest BCUT2D eigenvalue weighted by Crippen LogP contribution is 2.44. The van der Waals surface area contributed by atoms with Gasteiger partial charge in [0.05, 0.1) is 5.56 Å². The Bertz CT molecular complexity index is 1080. The highest BCUT2D eigenvalue weighted by Gasteiger charge is 2.39. The van der Waals surface area contributed by atoms with Crippen molar-refractivity contribution < 1.29 is 14.3 Å². The van der Waals surface area contributed by atoms with E-state index in [1.54, 1.807) is 24.3 Å². The number of nitrogen functional groups attached to an aromatic ring is 1. The molecule has 2 aromatic carbocycles. The molecule has 3 aromatic rings. The summed E-state index contributed by atoms with van der Waals surface area (Å²) in [5.74, 6) is -0.0763. The van der Waals surface area contributed by atoms with E-state index in [0.29, 0.717) is 22.6 Å². The summed E-state index contributed by atoms with van der Waals surface area (Å²) in [6.45, 7) is 3.89. The van der Waals surface area contributed by atoms with Gasteiger partial charge in [-0.3, -0.25) is 9.59 Å². The Balaban J connectivity index is 1.90. The van der Waals surface area contributed by atoms with Crippen LogP contribution in [0.2, 0.25) is 0 Å². The highest BCUT2D eigenvalue weighted by atomic mass is 16.5. The molecule has 0 radical (unpaired) electrons. The molecule has 0 atom stereocenters. The van der Waals surface area contributed by atoms with Crippen LogP contribution in [0.15, 0.2) is 36.4 Å². The zero-order valence-corrected chi connectivity index (χ0v) is 14.6. The number of rotatable bonds is 3. The molecular formula is C20H19N3O3. The number of ether oxygens (including phenoxy) is 1. The number of ketones is 1. The molecule has 26 heavy (non-hydrogen) atoms. The zero-order valence-electron chi connectivity index (χ0n) is 14.6. The Labute approximate surface area is 150 Å². The topological polar surface area (TPSA) is 111 Å². The first-order valence-corrected chi connectivity index (χ1v) is 8.31. The fraction of sp³-hybridized carbons (Fsp3) is 0.200. The fourth-order valence-corrected chi connectivity index (χ4v) is 3.67. The summed E-state index contributed by atoms with van der Waals surface area (Å²) < 4.78 is 5.41. The first-order valence-electron chi connectivity index (χ1n) is 8.31. The van der Waals surface area contributed by atoms with Crippen molar-refractivity contribution in [1.29, 1.82) is 0 Å². The first-order chi connectivity index (χ1) is 12.3. The van der Waals surface area contributed by atoms with E-state index >= 15 is 0 Å². The van der Waals surface area contributed by atoms with Gasteiger partial charge in [0.25, 0.3) is 5.91 Å². The first kappa shape index (κ1) is 16.2. The maximum atomic E-state index is 13.2. The van der Waals surface area contributed by atoms with Gasteiger partial charge in [0.2, 0.25) is 0 Å². The summed E-state index contributed by atoms with van der Waals surface area (Å²) in [5, 5.41) is 0.868. The number of hydrogen-bond acceptors (Lipinski definition) is 4. The zero-order chi connectivity index (χ0) is 18.6. The van der Waals surface area contributed by atoms with Crippen LogP contribution in [-0.2, 0) is 10.2 Å². The number of benzene rings is 2. The van der Waals surface area contributed by atoms with Crippen LogP contribution in [0.5, 0.6) is 5.75 Å². The smallest absolute Gasteiger partial charge is 0.255 e.